The van der Waals surface area contributed by atoms with Crippen molar-refractivity contribution in [2.45, 2.75) is 32.4 Å². The van der Waals surface area contributed by atoms with Crippen molar-refractivity contribution in [3.8, 4) is 17.8 Å². The SMILES string of the molecule is C=CC(=O)N1CCN(c2nc(OCC)nc3c2CCN(c2cc(O)cc4cccc(Cl)c24)C3)C[C@@H]1CC#N. The predicted octanol–water partition coefficient (Wildman–Crippen LogP) is 4.07. The van der Waals surface area contributed by atoms with Crippen molar-refractivity contribution in [1.29, 1.82) is 5.26 Å². The fourth-order valence-corrected chi connectivity index (χ4v) is 5.66. The van der Waals surface area contributed by atoms with Crippen LogP contribution in [0.3, 0.4) is 0 Å². The van der Waals surface area contributed by atoms with Crippen molar-refractivity contribution < 1.29 is 14.6 Å². The van der Waals surface area contributed by atoms with E-state index in [0.717, 1.165) is 33.5 Å². The highest BCUT2D eigenvalue weighted by molar-refractivity contribution is 6.36. The van der Waals surface area contributed by atoms with E-state index in [9.17, 15) is 15.2 Å². The predicted molar refractivity (Wildman–Crippen MR) is 147 cm³/mol. The molecule has 0 aliphatic carbocycles. The Hall–Kier alpha value is -4.03. The van der Waals surface area contributed by atoms with Crippen LogP contribution in [0.2, 0.25) is 5.02 Å². The number of aromatic nitrogens is 2. The number of nitrogens with zero attached hydrogens (tertiary/aromatic N) is 6. The molecule has 1 fully saturated rings. The van der Waals surface area contributed by atoms with Crippen LogP contribution in [0.4, 0.5) is 11.5 Å². The van der Waals surface area contributed by atoms with Gasteiger partial charge in [-0.1, -0.05) is 30.3 Å². The Morgan fingerprint density at radius 3 is 2.89 bits per heavy atom. The standard InChI is InChI=1S/C28H29ClN6O3/c1-3-25(37)35-13-12-34(16-19(35)8-10-30)27-21-9-11-33(17-23(21)31-28(32-27)38-4-2)24-15-20(36)14-18-6-5-7-22(29)26(18)24/h3,5-7,14-15,19,36H,1,4,8-9,11-13,16-17H2,2H3/t19-/m0/s1. The van der Waals surface area contributed by atoms with E-state index in [1.165, 1.54) is 6.08 Å². The second-order valence-corrected chi connectivity index (χ2v) is 9.77. The first kappa shape index (κ1) is 25.6. The average Bonchev–Trinajstić information content (AvgIpc) is 2.91. The number of hydrogen-bond donors (Lipinski definition) is 1. The quantitative estimate of drug-likeness (QED) is 0.474. The van der Waals surface area contributed by atoms with Crippen molar-refractivity contribution >= 4 is 39.8 Å². The third-order valence-corrected chi connectivity index (χ3v) is 7.41. The molecule has 0 radical (unpaired) electrons. The molecule has 3 aromatic rings. The zero-order valence-corrected chi connectivity index (χ0v) is 22.0. The van der Waals surface area contributed by atoms with Crippen LogP contribution >= 0.6 is 11.6 Å². The number of aromatic hydroxyl groups is 1. The molecule has 0 unspecified atom stereocenters. The summed E-state index contributed by atoms with van der Waals surface area (Å²) >= 11 is 6.59. The van der Waals surface area contributed by atoms with Gasteiger partial charge in [0.1, 0.15) is 11.6 Å². The van der Waals surface area contributed by atoms with E-state index < -0.39 is 0 Å². The summed E-state index contributed by atoms with van der Waals surface area (Å²) in [5.74, 6) is 0.789. The first-order valence-corrected chi connectivity index (χ1v) is 13.0. The molecule has 1 atom stereocenters. The molecular weight excluding hydrogens is 504 g/mol. The molecule has 2 aliphatic rings. The zero-order valence-electron chi connectivity index (χ0n) is 21.2. The molecule has 2 aromatic carbocycles. The Morgan fingerprint density at radius 1 is 1.29 bits per heavy atom. The number of phenols is 1. The normalized spacial score (nSPS) is 17.2. The number of piperazine rings is 1. The number of hydrogen-bond acceptors (Lipinski definition) is 8. The van der Waals surface area contributed by atoms with Crippen molar-refractivity contribution in [3.05, 3.63) is 59.3 Å². The van der Waals surface area contributed by atoms with Gasteiger partial charge in [0.05, 0.1) is 48.1 Å². The van der Waals surface area contributed by atoms with Gasteiger partial charge in [-0.2, -0.15) is 15.2 Å². The van der Waals surface area contributed by atoms with Crippen LogP contribution in [-0.2, 0) is 17.8 Å². The van der Waals surface area contributed by atoms with E-state index >= 15 is 0 Å². The molecule has 0 bridgehead atoms. The Kier molecular flexibility index (Phi) is 7.25. The number of amides is 1. The van der Waals surface area contributed by atoms with Crippen LogP contribution in [-0.4, -0.2) is 64.7 Å². The largest absolute Gasteiger partial charge is 0.508 e. The number of ether oxygens (including phenoxy) is 1. The first-order chi connectivity index (χ1) is 18.4. The number of benzene rings is 2. The number of carbonyl (C=O) groups excluding carboxylic acids is 1. The second-order valence-electron chi connectivity index (χ2n) is 9.36. The molecule has 1 saturated heterocycles. The number of halogens is 1. The lowest BCUT2D eigenvalue weighted by Gasteiger charge is -2.42. The third kappa shape index (κ3) is 4.79. The van der Waals surface area contributed by atoms with E-state index in [2.05, 4.69) is 22.4 Å². The number of anilines is 2. The first-order valence-electron chi connectivity index (χ1n) is 12.7. The van der Waals surface area contributed by atoms with Crippen LogP contribution < -0.4 is 14.5 Å². The number of nitriles is 1. The van der Waals surface area contributed by atoms with Gasteiger partial charge in [-0.3, -0.25) is 4.79 Å². The number of phenolic OH excluding ortho intramolecular Hbond substituents is 1. The summed E-state index contributed by atoms with van der Waals surface area (Å²) in [6.45, 7) is 8.62. The van der Waals surface area contributed by atoms with E-state index in [0.29, 0.717) is 56.8 Å². The Morgan fingerprint density at radius 2 is 2.13 bits per heavy atom. The highest BCUT2D eigenvalue weighted by Gasteiger charge is 2.33. The van der Waals surface area contributed by atoms with Gasteiger partial charge in [-0.15, -0.1) is 0 Å². The van der Waals surface area contributed by atoms with E-state index in [1.54, 1.807) is 17.0 Å². The van der Waals surface area contributed by atoms with Crippen molar-refractivity contribution in [3.63, 3.8) is 0 Å². The molecule has 1 N–H and O–H groups in total. The van der Waals surface area contributed by atoms with Gasteiger partial charge in [0, 0.05) is 43.2 Å². The number of fused-ring (bicyclic) bond motifs is 2. The monoisotopic (exact) mass is 532 g/mol. The number of rotatable bonds is 6. The molecule has 9 nitrogen and oxygen atoms in total. The lowest BCUT2D eigenvalue weighted by atomic mass is 10.0. The van der Waals surface area contributed by atoms with E-state index in [1.807, 2.05) is 25.1 Å². The molecule has 5 rings (SSSR count). The Bertz CT molecular complexity index is 1440. The molecule has 196 valence electrons. The average molecular weight is 533 g/mol. The zero-order chi connectivity index (χ0) is 26.8. The summed E-state index contributed by atoms with van der Waals surface area (Å²) in [5.41, 5.74) is 2.72. The molecular formula is C28H29ClN6O3. The minimum absolute atomic E-state index is 0.169. The molecule has 38 heavy (non-hydrogen) atoms. The maximum atomic E-state index is 12.4. The van der Waals surface area contributed by atoms with Crippen molar-refractivity contribution in [2.75, 3.05) is 42.6 Å². The van der Waals surface area contributed by atoms with Gasteiger partial charge in [0.15, 0.2) is 0 Å². The van der Waals surface area contributed by atoms with Crippen LogP contribution in [0, 0.1) is 11.3 Å². The van der Waals surface area contributed by atoms with Gasteiger partial charge in [0.25, 0.3) is 0 Å². The van der Waals surface area contributed by atoms with Gasteiger partial charge < -0.3 is 24.5 Å². The van der Waals surface area contributed by atoms with Crippen molar-refractivity contribution in [2.24, 2.45) is 0 Å². The molecule has 0 saturated carbocycles. The molecule has 1 amide bonds. The van der Waals surface area contributed by atoms with Crippen LogP contribution in [0.15, 0.2) is 43.0 Å². The minimum atomic E-state index is -0.263. The van der Waals surface area contributed by atoms with E-state index in [-0.39, 0.29) is 24.1 Å². The molecule has 1 aromatic heterocycles. The highest BCUT2D eigenvalue weighted by Crippen LogP contribution is 2.39. The van der Waals surface area contributed by atoms with Crippen LogP contribution in [0.25, 0.3) is 10.8 Å². The molecule has 10 heteroatoms. The number of carbonyl (C=O) groups is 1. The van der Waals surface area contributed by atoms with Crippen LogP contribution in [0.1, 0.15) is 24.6 Å². The van der Waals surface area contributed by atoms with E-state index in [4.69, 9.17) is 26.3 Å². The van der Waals surface area contributed by atoms with Gasteiger partial charge >= 0.3 is 6.01 Å². The molecule has 0 spiro atoms. The summed E-state index contributed by atoms with van der Waals surface area (Å²) in [7, 11) is 0. The van der Waals surface area contributed by atoms with Gasteiger partial charge in [-0.25, -0.2) is 0 Å². The third-order valence-electron chi connectivity index (χ3n) is 7.09. The maximum absolute atomic E-state index is 12.4. The van der Waals surface area contributed by atoms with Crippen LogP contribution in [0.5, 0.6) is 11.8 Å². The second kappa shape index (κ2) is 10.8. The fourth-order valence-electron chi connectivity index (χ4n) is 5.38. The minimum Gasteiger partial charge on any atom is -0.508 e. The highest BCUT2D eigenvalue weighted by atomic mass is 35.5. The fraction of sp³-hybridized carbons (Fsp3) is 0.357. The Labute approximate surface area is 226 Å². The summed E-state index contributed by atoms with van der Waals surface area (Å²) in [4.78, 5) is 27.9. The van der Waals surface area contributed by atoms with Gasteiger partial charge in [0.2, 0.25) is 5.91 Å². The summed E-state index contributed by atoms with van der Waals surface area (Å²) in [6.07, 6.45) is 2.19. The summed E-state index contributed by atoms with van der Waals surface area (Å²) in [6, 6.07) is 11.4. The maximum Gasteiger partial charge on any atom is 0.318 e. The Balaban J connectivity index is 1.51. The summed E-state index contributed by atoms with van der Waals surface area (Å²) in [5, 5.41) is 22.2. The molecule has 2 aliphatic heterocycles. The van der Waals surface area contributed by atoms with Gasteiger partial charge in [-0.05, 0) is 36.9 Å². The van der Waals surface area contributed by atoms with Crippen molar-refractivity contribution in [1.82, 2.24) is 14.9 Å². The lowest BCUT2D eigenvalue weighted by molar-refractivity contribution is -0.128. The molecule has 3 heterocycles. The summed E-state index contributed by atoms with van der Waals surface area (Å²) < 4.78 is 5.75. The lowest BCUT2D eigenvalue weighted by Crippen LogP contribution is -2.55. The topological polar surface area (TPSA) is 106 Å². The smallest absolute Gasteiger partial charge is 0.318 e.